The molecule has 4 aromatic rings. The zero-order chi connectivity index (χ0) is 23.2. The summed E-state index contributed by atoms with van der Waals surface area (Å²) in [5.74, 6) is 0.639. The normalized spacial score (nSPS) is 10.6. The van der Waals surface area contributed by atoms with Crippen LogP contribution in [-0.2, 0) is 11.8 Å². The smallest absolute Gasteiger partial charge is 0.255 e. The Morgan fingerprint density at radius 1 is 0.879 bits per heavy atom. The van der Waals surface area contributed by atoms with E-state index in [9.17, 15) is 9.59 Å². The molecule has 7 nitrogen and oxygen atoms in total. The molecule has 3 aromatic carbocycles. The average Bonchev–Trinajstić information content (AvgIpc) is 3.19. The summed E-state index contributed by atoms with van der Waals surface area (Å²) in [6, 6.07) is 24.1. The molecule has 166 valence electrons. The fraction of sp³-hybridized carbons (Fsp3) is 0.120. The predicted molar refractivity (Wildman–Crippen MR) is 131 cm³/mol. The number of benzene rings is 3. The standard InChI is InChI=1S/C25H23N5O2S/c1-17-7-6-10-21(15-17)26-22(31)16-33-25-29-28-23(30(25)2)18-11-13-20(14-12-18)27-24(32)19-8-4-3-5-9-19/h3-15H,16H2,1-2H3,(H,26,31)(H,27,32). The van der Waals surface area contributed by atoms with Gasteiger partial charge in [-0.3, -0.25) is 9.59 Å². The topological polar surface area (TPSA) is 88.9 Å². The third kappa shape index (κ3) is 5.67. The second-order valence-corrected chi connectivity index (χ2v) is 8.41. The van der Waals surface area contributed by atoms with Crippen LogP contribution < -0.4 is 10.6 Å². The number of hydrogen-bond acceptors (Lipinski definition) is 5. The summed E-state index contributed by atoms with van der Waals surface area (Å²) in [6.45, 7) is 1.98. The largest absolute Gasteiger partial charge is 0.325 e. The first kappa shape index (κ1) is 22.3. The average molecular weight is 458 g/mol. The van der Waals surface area contributed by atoms with Crippen molar-refractivity contribution in [3.63, 3.8) is 0 Å². The molecule has 0 atom stereocenters. The number of carbonyl (C=O) groups is 2. The molecule has 0 aliphatic heterocycles. The van der Waals surface area contributed by atoms with Gasteiger partial charge in [-0.2, -0.15) is 0 Å². The van der Waals surface area contributed by atoms with Crippen LogP contribution in [0.15, 0.2) is 84.0 Å². The molecule has 0 saturated carbocycles. The highest BCUT2D eigenvalue weighted by molar-refractivity contribution is 7.99. The van der Waals surface area contributed by atoms with Crippen molar-refractivity contribution >= 4 is 35.0 Å². The summed E-state index contributed by atoms with van der Waals surface area (Å²) in [4.78, 5) is 24.6. The number of thioether (sulfide) groups is 1. The third-order valence-electron chi connectivity index (χ3n) is 4.91. The van der Waals surface area contributed by atoms with Crippen LogP contribution in [0, 0.1) is 6.92 Å². The van der Waals surface area contributed by atoms with E-state index in [0.29, 0.717) is 22.2 Å². The van der Waals surface area contributed by atoms with Gasteiger partial charge < -0.3 is 15.2 Å². The summed E-state index contributed by atoms with van der Waals surface area (Å²) >= 11 is 1.32. The first-order valence-corrected chi connectivity index (χ1v) is 11.3. The van der Waals surface area contributed by atoms with E-state index in [1.165, 1.54) is 11.8 Å². The van der Waals surface area contributed by atoms with Gasteiger partial charge in [0.15, 0.2) is 11.0 Å². The van der Waals surface area contributed by atoms with Gasteiger partial charge in [-0.05, 0) is 61.0 Å². The molecule has 0 spiro atoms. The molecular formula is C25H23N5O2S. The molecule has 0 fully saturated rings. The molecule has 0 bridgehead atoms. The summed E-state index contributed by atoms with van der Waals surface area (Å²) in [6.07, 6.45) is 0. The maximum Gasteiger partial charge on any atom is 0.255 e. The minimum atomic E-state index is -0.162. The first-order valence-electron chi connectivity index (χ1n) is 10.3. The molecule has 0 saturated heterocycles. The predicted octanol–water partition coefficient (Wildman–Crippen LogP) is 4.77. The highest BCUT2D eigenvalue weighted by Gasteiger charge is 2.14. The third-order valence-corrected chi connectivity index (χ3v) is 5.93. The lowest BCUT2D eigenvalue weighted by Crippen LogP contribution is -2.14. The molecule has 0 aliphatic carbocycles. The SMILES string of the molecule is Cc1cccc(NC(=O)CSc2nnc(-c3ccc(NC(=O)c4ccccc4)cc3)n2C)c1. The van der Waals surface area contributed by atoms with E-state index in [1.54, 1.807) is 12.1 Å². The van der Waals surface area contributed by atoms with Crippen LogP contribution in [0.3, 0.4) is 0 Å². The Balaban J connectivity index is 1.37. The Morgan fingerprint density at radius 3 is 2.36 bits per heavy atom. The van der Waals surface area contributed by atoms with E-state index in [0.717, 1.165) is 16.8 Å². The van der Waals surface area contributed by atoms with E-state index >= 15 is 0 Å². The van der Waals surface area contributed by atoms with Crippen molar-refractivity contribution in [3.8, 4) is 11.4 Å². The van der Waals surface area contributed by atoms with E-state index in [2.05, 4.69) is 20.8 Å². The molecule has 1 aromatic heterocycles. The van der Waals surface area contributed by atoms with E-state index in [-0.39, 0.29) is 17.6 Å². The molecule has 2 amide bonds. The van der Waals surface area contributed by atoms with Crippen molar-refractivity contribution in [3.05, 3.63) is 90.0 Å². The molecule has 0 unspecified atom stereocenters. The molecule has 1 heterocycles. The Morgan fingerprint density at radius 2 is 1.64 bits per heavy atom. The first-order chi connectivity index (χ1) is 16.0. The number of hydrogen-bond donors (Lipinski definition) is 2. The van der Waals surface area contributed by atoms with Gasteiger partial charge in [0.05, 0.1) is 5.75 Å². The lowest BCUT2D eigenvalue weighted by Gasteiger charge is -2.08. The van der Waals surface area contributed by atoms with Crippen LogP contribution in [-0.4, -0.2) is 32.3 Å². The van der Waals surface area contributed by atoms with Gasteiger partial charge in [-0.1, -0.05) is 42.1 Å². The lowest BCUT2D eigenvalue weighted by atomic mass is 10.1. The Hall–Kier alpha value is -3.91. The summed E-state index contributed by atoms with van der Waals surface area (Å²) in [7, 11) is 1.86. The Labute approximate surface area is 196 Å². The van der Waals surface area contributed by atoms with Gasteiger partial charge >= 0.3 is 0 Å². The van der Waals surface area contributed by atoms with Crippen LogP contribution in [0.2, 0.25) is 0 Å². The van der Waals surface area contributed by atoms with Crippen molar-refractivity contribution in [1.82, 2.24) is 14.8 Å². The molecule has 0 aliphatic rings. The van der Waals surface area contributed by atoms with Gasteiger partial charge in [0.2, 0.25) is 5.91 Å². The maximum absolute atomic E-state index is 12.3. The molecule has 33 heavy (non-hydrogen) atoms. The van der Waals surface area contributed by atoms with E-state index in [1.807, 2.05) is 85.3 Å². The second kappa shape index (κ2) is 10.1. The molecule has 4 rings (SSSR count). The number of anilines is 2. The Kier molecular flexibility index (Phi) is 6.85. The number of amides is 2. The number of rotatable bonds is 7. The lowest BCUT2D eigenvalue weighted by molar-refractivity contribution is -0.113. The number of nitrogens with zero attached hydrogens (tertiary/aromatic N) is 3. The number of aromatic nitrogens is 3. The van der Waals surface area contributed by atoms with Crippen molar-refractivity contribution in [1.29, 1.82) is 0 Å². The van der Waals surface area contributed by atoms with Crippen molar-refractivity contribution in [2.45, 2.75) is 12.1 Å². The van der Waals surface area contributed by atoms with Crippen LogP contribution in [0.1, 0.15) is 15.9 Å². The fourth-order valence-electron chi connectivity index (χ4n) is 3.24. The molecular weight excluding hydrogens is 434 g/mol. The Bertz CT molecular complexity index is 1270. The highest BCUT2D eigenvalue weighted by atomic mass is 32.2. The monoisotopic (exact) mass is 457 g/mol. The van der Waals surface area contributed by atoms with E-state index < -0.39 is 0 Å². The zero-order valence-electron chi connectivity index (χ0n) is 18.3. The molecule has 8 heteroatoms. The van der Waals surface area contributed by atoms with Gasteiger partial charge in [0, 0.05) is 29.5 Å². The van der Waals surface area contributed by atoms with Gasteiger partial charge in [0.1, 0.15) is 0 Å². The van der Waals surface area contributed by atoms with Crippen LogP contribution in [0.5, 0.6) is 0 Å². The van der Waals surface area contributed by atoms with Gasteiger partial charge in [-0.15, -0.1) is 10.2 Å². The quantitative estimate of drug-likeness (QED) is 0.390. The fourth-order valence-corrected chi connectivity index (χ4v) is 3.95. The van der Waals surface area contributed by atoms with Crippen LogP contribution in [0.4, 0.5) is 11.4 Å². The summed E-state index contributed by atoms with van der Waals surface area (Å²) < 4.78 is 1.85. The summed E-state index contributed by atoms with van der Waals surface area (Å²) in [5, 5.41) is 14.9. The van der Waals surface area contributed by atoms with Crippen molar-refractivity contribution in [2.24, 2.45) is 7.05 Å². The molecule has 0 radical (unpaired) electrons. The zero-order valence-corrected chi connectivity index (χ0v) is 19.1. The van der Waals surface area contributed by atoms with E-state index in [4.69, 9.17) is 0 Å². The van der Waals surface area contributed by atoms with Gasteiger partial charge in [0.25, 0.3) is 5.91 Å². The van der Waals surface area contributed by atoms with Crippen molar-refractivity contribution in [2.75, 3.05) is 16.4 Å². The number of carbonyl (C=O) groups excluding carboxylic acids is 2. The second-order valence-electron chi connectivity index (χ2n) is 7.47. The number of aryl methyl sites for hydroxylation is 1. The minimum Gasteiger partial charge on any atom is -0.325 e. The summed E-state index contributed by atoms with van der Waals surface area (Å²) in [5.41, 5.74) is 4.02. The van der Waals surface area contributed by atoms with Crippen LogP contribution in [0.25, 0.3) is 11.4 Å². The van der Waals surface area contributed by atoms with Crippen LogP contribution >= 0.6 is 11.8 Å². The minimum absolute atomic E-state index is 0.103. The van der Waals surface area contributed by atoms with Gasteiger partial charge in [-0.25, -0.2) is 0 Å². The molecule has 2 N–H and O–H groups in total. The van der Waals surface area contributed by atoms with Crippen molar-refractivity contribution < 1.29 is 9.59 Å². The highest BCUT2D eigenvalue weighted by Crippen LogP contribution is 2.24. The number of nitrogens with one attached hydrogen (secondary N) is 2. The maximum atomic E-state index is 12.3.